The highest BCUT2D eigenvalue weighted by Gasteiger charge is 2.09. The van der Waals surface area contributed by atoms with Crippen LogP contribution in [0.4, 0.5) is 5.95 Å². The molecule has 1 rings (SSSR count). The molecule has 1 atom stereocenters. The number of hydrogen-bond acceptors (Lipinski definition) is 5. The van der Waals surface area contributed by atoms with Crippen molar-refractivity contribution in [3.63, 3.8) is 0 Å². The van der Waals surface area contributed by atoms with E-state index in [0.29, 0.717) is 18.2 Å². The number of methoxy groups -OCH3 is 1. The molecular formula is C11H18N4OS. The van der Waals surface area contributed by atoms with Crippen LogP contribution in [0.25, 0.3) is 0 Å². The summed E-state index contributed by atoms with van der Waals surface area (Å²) < 4.78 is 5.11. The molecule has 0 saturated heterocycles. The standard InChI is InChI=1S/C11H18N4OS/c1-4-8(6-16-3)14-11-13-7(2)5-9(15-11)10(12)17/h5,8H,4,6H2,1-3H3,(H2,12,17)(H,13,14,15). The molecule has 0 bridgehead atoms. The Morgan fingerprint density at radius 3 is 2.82 bits per heavy atom. The third-order valence-electron chi connectivity index (χ3n) is 2.30. The molecule has 6 heteroatoms. The number of nitrogens with zero attached hydrogens (tertiary/aromatic N) is 2. The van der Waals surface area contributed by atoms with Gasteiger partial charge in [-0.3, -0.25) is 0 Å². The molecular weight excluding hydrogens is 236 g/mol. The SMILES string of the molecule is CCC(COC)Nc1nc(C)cc(C(N)=S)n1. The molecule has 17 heavy (non-hydrogen) atoms. The van der Waals surface area contributed by atoms with Crippen LogP contribution in [0.1, 0.15) is 24.7 Å². The Hall–Kier alpha value is -1.27. The fourth-order valence-corrected chi connectivity index (χ4v) is 1.51. The zero-order chi connectivity index (χ0) is 12.8. The Bertz CT molecular complexity index is 397. The van der Waals surface area contributed by atoms with Gasteiger partial charge in [-0.25, -0.2) is 9.97 Å². The van der Waals surface area contributed by atoms with Crippen molar-refractivity contribution in [1.29, 1.82) is 0 Å². The molecule has 0 fully saturated rings. The molecule has 0 amide bonds. The van der Waals surface area contributed by atoms with Crippen molar-refractivity contribution >= 4 is 23.2 Å². The molecule has 5 nitrogen and oxygen atoms in total. The number of rotatable bonds is 6. The van der Waals surface area contributed by atoms with E-state index in [4.69, 9.17) is 22.7 Å². The van der Waals surface area contributed by atoms with E-state index in [2.05, 4.69) is 22.2 Å². The predicted octanol–water partition coefficient (Wildman–Crippen LogP) is 1.26. The highest BCUT2D eigenvalue weighted by Crippen LogP contribution is 2.07. The van der Waals surface area contributed by atoms with Gasteiger partial charge in [0.25, 0.3) is 0 Å². The minimum Gasteiger partial charge on any atom is -0.388 e. The maximum Gasteiger partial charge on any atom is 0.223 e. The maximum atomic E-state index is 5.56. The summed E-state index contributed by atoms with van der Waals surface area (Å²) in [5.41, 5.74) is 6.98. The molecule has 0 aromatic carbocycles. The van der Waals surface area contributed by atoms with Crippen LogP contribution in [0.3, 0.4) is 0 Å². The summed E-state index contributed by atoms with van der Waals surface area (Å²) in [4.78, 5) is 8.83. The molecule has 1 unspecified atom stereocenters. The third-order valence-corrected chi connectivity index (χ3v) is 2.51. The second kappa shape index (κ2) is 6.46. The Balaban J connectivity index is 2.86. The molecule has 0 aliphatic rings. The summed E-state index contributed by atoms with van der Waals surface area (Å²) in [5.74, 6) is 0.539. The van der Waals surface area contributed by atoms with Gasteiger partial charge in [0.1, 0.15) is 10.7 Å². The van der Waals surface area contributed by atoms with E-state index >= 15 is 0 Å². The van der Waals surface area contributed by atoms with Crippen molar-refractivity contribution < 1.29 is 4.74 Å². The molecule has 1 heterocycles. The van der Waals surface area contributed by atoms with E-state index in [1.165, 1.54) is 0 Å². The fraction of sp³-hybridized carbons (Fsp3) is 0.545. The van der Waals surface area contributed by atoms with Crippen LogP contribution in [0, 0.1) is 6.92 Å². The van der Waals surface area contributed by atoms with Gasteiger partial charge in [-0.2, -0.15) is 0 Å². The van der Waals surface area contributed by atoms with Gasteiger partial charge in [-0.1, -0.05) is 19.1 Å². The van der Waals surface area contributed by atoms with Gasteiger partial charge in [0.05, 0.1) is 12.6 Å². The number of nitrogens with two attached hydrogens (primary N) is 1. The zero-order valence-electron chi connectivity index (χ0n) is 10.4. The van der Waals surface area contributed by atoms with Crippen LogP contribution in [0.5, 0.6) is 0 Å². The second-order valence-electron chi connectivity index (χ2n) is 3.79. The van der Waals surface area contributed by atoms with E-state index in [-0.39, 0.29) is 11.0 Å². The quantitative estimate of drug-likeness (QED) is 0.745. The van der Waals surface area contributed by atoms with Crippen LogP contribution >= 0.6 is 12.2 Å². The van der Waals surface area contributed by atoms with Crippen LogP contribution in [0.2, 0.25) is 0 Å². The molecule has 0 aliphatic heterocycles. The number of aryl methyl sites for hydroxylation is 1. The lowest BCUT2D eigenvalue weighted by Gasteiger charge is -2.16. The van der Waals surface area contributed by atoms with Gasteiger partial charge in [-0.05, 0) is 19.4 Å². The third kappa shape index (κ3) is 4.24. The summed E-state index contributed by atoms with van der Waals surface area (Å²) >= 11 is 4.91. The van der Waals surface area contributed by atoms with Crippen molar-refractivity contribution in [1.82, 2.24) is 9.97 Å². The van der Waals surface area contributed by atoms with Crippen LogP contribution in [0.15, 0.2) is 6.07 Å². The van der Waals surface area contributed by atoms with Gasteiger partial charge in [0, 0.05) is 12.8 Å². The summed E-state index contributed by atoms with van der Waals surface area (Å²) in [6, 6.07) is 1.95. The monoisotopic (exact) mass is 254 g/mol. The molecule has 0 radical (unpaired) electrons. The normalized spacial score (nSPS) is 12.2. The first-order chi connectivity index (χ1) is 8.06. The first-order valence-electron chi connectivity index (χ1n) is 5.47. The van der Waals surface area contributed by atoms with E-state index in [1.54, 1.807) is 13.2 Å². The second-order valence-corrected chi connectivity index (χ2v) is 4.23. The highest BCUT2D eigenvalue weighted by atomic mass is 32.1. The maximum absolute atomic E-state index is 5.56. The van der Waals surface area contributed by atoms with Gasteiger partial charge < -0.3 is 15.8 Å². The number of anilines is 1. The molecule has 1 aromatic heterocycles. The van der Waals surface area contributed by atoms with Gasteiger partial charge >= 0.3 is 0 Å². The van der Waals surface area contributed by atoms with E-state index in [1.807, 2.05) is 6.92 Å². The van der Waals surface area contributed by atoms with Crippen molar-refractivity contribution in [3.05, 3.63) is 17.5 Å². The Morgan fingerprint density at radius 2 is 2.29 bits per heavy atom. The van der Waals surface area contributed by atoms with Gasteiger partial charge in [0.15, 0.2) is 0 Å². The number of aromatic nitrogens is 2. The topological polar surface area (TPSA) is 73.1 Å². The van der Waals surface area contributed by atoms with Crippen LogP contribution in [-0.4, -0.2) is 34.7 Å². The summed E-state index contributed by atoms with van der Waals surface area (Å²) in [6.45, 7) is 4.56. The van der Waals surface area contributed by atoms with E-state index < -0.39 is 0 Å². The first kappa shape index (κ1) is 13.8. The first-order valence-corrected chi connectivity index (χ1v) is 5.88. The Labute approximate surface area is 107 Å². The van der Waals surface area contributed by atoms with Crippen molar-refractivity contribution in [3.8, 4) is 0 Å². The average Bonchev–Trinajstić information content (AvgIpc) is 2.27. The average molecular weight is 254 g/mol. The van der Waals surface area contributed by atoms with Crippen molar-refractivity contribution in [2.45, 2.75) is 26.3 Å². The van der Waals surface area contributed by atoms with Crippen LogP contribution < -0.4 is 11.1 Å². The largest absolute Gasteiger partial charge is 0.388 e. The zero-order valence-corrected chi connectivity index (χ0v) is 11.2. The van der Waals surface area contributed by atoms with E-state index in [0.717, 1.165) is 12.1 Å². The smallest absolute Gasteiger partial charge is 0.223 e. The number of thiocarbonyl (C=S) groups is 1. The van der Waals surface area contributed by atoms with Gasteiger partial charge in [0.2, 0.25) is 5.95 Å². The number of ether oxygens (including phenoxy) is 1. The predicted molar refractivity (Wildman–Crippen MR) is 72.2 cm³/mol. The lowest BCUT2D eigenvalue weighted by atomic mass is 10.2. The lowest BCUT2D eigenvalue weighted by molar-refractivity contribution is 0.184. The molecule has 1 aromatic rings. The van der Waals surface area contributed by atoms with Crippen molar-refractivity contribution in [2.24, 2.45) is 5.73 Å². The van der Waals surface area contributed by atoms with Crippen molar-refractivity contribution in [2.75, 3.05) is 19.0 Å². The summed E-state index contributed by atoms with van der Waals surface area (Å²) in [6.07, 6.45) is 0.924. The minimum absolute atomic E-state index is 0.181. The van der Waals surface area contributed by atoms with Gasteiger partial charge in [-0.15, -0.1) is 0 Å². The summed E-state index contributed by atoms with van der Waals surface area (Å²) in [5, 5.41) is 3.20. The molecule has 0 saturated carbocycles. The number of hydrogen-bond donors (Lipinski definition) is 2. The van der Waals surface area contributed by atoms with Crippen LogP contribution in [-0.2, 0) is 4.74 Å². The minimum atomic E-state index is 0.181. The lowest BCUT2D eigenvalue weighted by Crippen LogP contribution is -2.26. The molecule has 94 valence electrons. The molecule has 3 N–H and O–H groups in total. The highest BCUT2D eigenvalue weighted by molar-refractivity contribution is 7.80. The Kier molecular flexibility index (Phi) is 5.24. The molecule has 0 aliphatic carbocycles. The summed E-state index contributed by atoms with van der Waals surface area (Å²) in [7, 11) is 1.67. The fourth-order valence-electron chi connectivity index (χ4n) is 1.40. The molecule has 0 spiro atoms. The number of nitrogens with one attached hydrogen (secondary N) is 1. The Morgan fingerprint density at radius 1 is 1.59 bits per heavy atom. The van der Waals surface area contributed by atoms with E-state index in [9.17, 15) is 0 Å².